The normalized spacial score (nSPS) is 10.3. The predicted octanol–water partition coefficient (Wildman–Crippen LogP) is 5.56. The number of halogens is 2. The van der Waals surface area contributed by atoms with Crippen LogP contribution >= 0.6 is 34.5 Å². The Morgan fingerprint density at radius 1 is 0.800 bits per heavy atom. The molecule has 0 radical (unpaired) electrons. The molecule has 0 aliphatic rings. The highest BCUT2D eigenvalue weighted by molar-refractivity contribution is 7.12. The first kappa shape index (κ1) is 17.5. The van der Waals surface area contributed by atoms with Gasteiger partial charge in [0.2, 0.25) is 0 Å². The molecule has 0 aliphatic carbocycles. The molecular weight excluding hydrogens is 379 g/mol. The maximum absolute atomic E-state index is 12.4. The summed E-state index contributed by atoms with van der Waals surface area (Å²) in [6, 6.07) is 15.1. The fraction of sp³-hybridized carbons (Fsp3) is 0. The minimum atomic E-state index is -0.314. The molecule has 1 heterocycles. The van der Waals surface area contributed by atoms with Crippen molar-refractivity contribution in [2.75, 3.05) is 10.6 Å². The monoisotopic (exact) mass is 390 g/mol. The number of carbonyl (C=O) groups excluding carboxylic acids is 2. The van der Waals surface area contributed by atoms with Crippen molar-refractivity contribution in [3.63, 3.8) is 0 Å². The molecule has 2 amide bonds. The molecule has 0 saturated heterocycles. The summed E-state index contributed by atoms with van der Waals surface area (Å²) in [6.45, 7) is 0. The van der Waals surface area contributed by atoms with Crippen LogP contribution in [-0.4, -0.2) is 11.8 Å². The van der Waals surface area contributed by atoms with Crippen molar-refractivity contribution in [3.8, 4) is 0 Å². The lowest BCUT2D eigenvalue weighted by Crippen LogP contribution is -2.14. The SMILES string of the molecule is O=C(Nc1ccc(Cl)c(Cl)c1)c1cccc(NC(=O)c2cccs2)c1. The van der Waals surface area contributed by atoms with E-state index in [2.05, 4.69) is 10.6 Å². The van der Waals surface area contributed by atoms with E-state index in [1.165, 1.54) is 11.3 Å². The smallest absolute Gasteiger partial charge is 0.265 e. The van der Waals surface area contributed by atoms with E-state index in [-0.39, 0.29) is 11.8 Å². The van der Waals surface area contributed by atoms with Gasteiger partial charge < -0.3 is 10.6 Å². The van der Waals surface area contributed by atoms with Gasteiger partial charge in [-0.2, -0.15) is 0 Å². The number of amides is 2. The number of hydrogen-bond donors (Lipinski definition) is 2. The summed E-state index contributed by atoms with van der Waals surface area (Å²) in [4.78, 5) is 25.1. The molecule has 0 aliphatic heterocycles. The Labute approximate surface area is 158 Å². The highest BCUT2D eigenvalue weighted by atomic mass is 35.5. The lowest BCUT2D eigenvalue weighted by molar-refractivity contribution is 0.101. The Balaban J connectivity index is 1.73. The third-order valence-electron chi connectivity index (χ3n) is 3.31. The van der Waals surface area contributed by atoms with Crippen LogP contribution < -0.4 is 10.6 Å². The molecule has 0 saturated carbocycles. The maximum atomic E-state index is 12.4. The molecule has 3 aromatic rings. The zero-order valence-corrected chi connectivity index (χ0v) is 15.1. The van der Waals surface area contributed by atoms with E-state index >= 15 is 0 Å². The quantitative estimate of drug-likeness (QED) is 0.612. The number of carbonyl (C=O) groups is 2. The van der Waals surface area contributed by atoms with E-state index in [0.29, 0.717) is 31.9 Å². The van der Waals surface area contributed by atoms with E-state index in [4.69, 9.17) is 23.2 Å². The van der Waals surface area contributed by atoms with Crippen LogP contribution in [0.4, 0.5) is 11.4 Å². The number of rotatable bonds is 4. The molecule has 0 bridgehead atoms. The van der Waals surface area contributed by atoms with E-state index in [9.17, 15) is 9.59 Å². The molecule has 0 spiro atoms. The van der Waals surface area contributed by atoms with Crippen LogP contribution in [0.3, 0.4) is 0 Å². The molecule has 0 unspecified atom stereocenters. The summed E-state index contributed by atoms with van der Waals surface area (Å²) in [7, 11) is 0. The van der Waals surface area contributed by atoms with Gasteiger partial charge in [-0.15, -0.1) is 11.3 Å². The lowest BCUT2D eigenvalue weighted by atomic mass is 10.1. The van der Waals surface area contributed by atoms with Crippen molar-refractivity contribution < 1.29 is 9.59 Å². The van der Waals surface area contributed by atoms with Crippen LogP contribution in [0.2, 0.25) is 10.0 Å². The molecule has 7 heteroatoms. The van der Waals surface area contributed by atoms with Crippen molar-refractivity contribution >= 4 is 57.7 Å². The number of anilines is 2. The standard InChI is InChI=1S/C18H12Cl2N2O2S/c19-14-7-6-13(10-15(14)20)21-17(23)11-3-1-4-12(9-11)22-18(24)16-5-2-8-25-16/h1-10H,(H,21,23)(H,22,24). The second-order valence-electron chi connectivity index (χ2n) is 5.10. The van der Waals surface area contributed by atoms with Gasteiger partial charge in [-0.3, -0.25) is 9.59 Å². The zero-order valence-electron chi connectivity index (χ0n) is 12.8. The van der Waals surface area contributed by atoms with E-state index in [1.54, 1.807) is 54.6 Å². The molecule has 25 heavy (non-hydrogen) atoms. The molecule has 2 aromatic carbocycles. The number of nitrogens with one attached hydrogen (secondary N) is 2. The molecule has 0 fully saturated rings. The van der Waals surface area contributed by atoms with E-state index in [0.717, 1.165) is 0 Å². The van der Waals surface area contributed by atoms with Crippen molar-refractivity contribution in [2.45, 2.75) is 0 Å². The van der Waals surface area contributed by atoms with Crippen molar-refractivity contribution in [1.82, 2.24) is 0 Å². The Morgan fingerprint density at radius 3 is 2.28 bits per heavy atom. The van der Waals surface area contributed by atoms with Gasteiger partial charge in [-0.05, 0) is 47.8 Å². The van der Waals surface area contributed by atoms with E-state index in [1.807, 2.05) is 5.38 Å². The second-order valence-corrected chi connectivity index (χ2v) is 6.86. The van der Waals surface area contributed by atoms with Gasteiger partial charge in [0.25, 0.3) is 11.8 Å². The molecule has 0 atom stereocenters. The van der Waals surface area contributed by atoms with Crippen LogP contribution in [0.5, 0.6) is 0 Å². The Kier molecular flexibility index (Phi) is 5.38. The number of benzene rings is 2. The van der Waals surface area contributed by atoms with Gasteiger partial charge in [-0.1, -0.05) is 35.3 Å². The molecule has 3 rings (SSSR count). The summed E-state index contributed by atoms with van der Waals surface area (Å²) in [5.41, 5.74) is 1.49. The number of thiophene rings is 1. The summed E-state index contributed by atoms with van der Waals surface area (Å²) < 4.78 is 0. The first-order chi connectivity index (χ1) is 12.0. The van der Waals surface area contributed by atoms with Crippen LogP contribution in [0, 0.1) is 0 Å². The van der Waals surface area contributed by atoms with Crippen molar-refractivity contribution in [2.24, 2.45) is 0 Å². The minimum Gasteiger partial charge on any atom is -0.322 e. The maximum Gasteiger partial charge on any atom is 0.265 e. The molecule has 2 N–H and O–H groups in total. The predicted molar refractivity (Wildman–Crippen MR) is 103 cm³/mol. The third kappa shape index (κ3) is 4.39. The highest BCUT2D eigenvalue weighted by Gasteiger charge is 2.11. The molecule has 126 valence electrons. The molecule has 1 aromatic heterocycles. The van der Waals surface area contributed by atoms with Gasteiger partial charge in [0.05, 0.1) is 14.9 Å². The highest BCUT2D eigenvalue weighted by Crippen LogP contribution is 2.25. The third-order valence-corrected chi connectivity index (χ3v) is 4.91. The Morgan fingerprint density at radius 2 is 1.56 bits per heavy atom. The van der Waals surface area contributed by atoms with Crippen LogP contribution in [0.25, 0.3) is 0 Å². The largest absolute Gasteiger partial charge is 0.322 e. The summed E-state index contributed by atoms with van der Waals surface area (Å²) in [5, 5.41) is 8.12. The first-order valence-electron chi connectivity index (χ1n) is 7.24. The second kappa shape index (κ2) is 7.70. The molecular formula is C18H12Cl2N2O2S. The number of hydrogen-bond acceptors (Lipinski definition) is 3. The summed E-state index contributed by atoms with van der Waals surface area (Å²) in [5.74, 6) is -0.525. The van der Waals surface area contributed by atoms with Gasteiger partial charge in [0.1, 0.15) is 0 Å². The minimum absolute atomic E-state index is 0.211. The van der Waals surface area contributed by atoms with Crippen LogP contribution in [0.15, 0.2) is 60.0 Å². The molecule has 4 nitrogen and oxygen atoms in total. The Hall–Kier alpha value is -2.34. The van der Waals surface area contributed by atoms with Crippen LogP contribution in [0.1, 0.15) is 20.0 Å². The lowest BCUT2D eigenvalue weighted by Gasteiger charge is -2.08. The van der Waals surface area contributed by atoms with E-state index < -0.39 is 0 Å². The van der Waals surface area contributed by atoms with Crippen molar-refractivity contribution in [3.05, 3.63) is 80.5 Å². The van der Waals surface area contributed by atoms with Gasteiger partial charge in [-0.25, -0.2) is 0 Å². The van der Waals surface area contributed by atoms with Crippen molar-refractivity contribution in [1.29, 1.82) is 0 Å². The zero-order chi connectivity index (χ0) is 17.8. The average molecular weight is 391 g/mol. The fourth-order valence-electron chi connectivity index (χ4n) is 2.12. The van der Waals surface area contributed by atoms with Crippen LogP contribution in [-0.2, 0) is 0 Å². The van der Waals surface area contributed by atoms with Gasteiger partial charge in [0, 0.05) is 16.9 Å². The first-order valence-corrected chi connectivity index (χ1v) is 8.88. The summed E-state index contributed by atoms with van der Waals surface area (Å²) >= 11 is 13.2. The van der Waals surface area contributed by atoms with Gasteiger partial charge >= 0.3 is 0 Å². The summed E-state index contributed by atoms with van der Waals surface area (Å²) in [6.07, 6.45) is 0. The topological polar surface area (TPSA) is 58.2 Å². The fourth-order valence-corrected chi connectivity index (χ4v) is 3.03. The van der Waals surface area contributed by atoms with Gasteiger partial charge in [0.15, 0.2) is 0 Å². The Bertz CT molecular complexity index is 927. The average Bonchev–Trinajstić information content (AvgIpc) is 3.13.